The third-order valence-corrected chi connectivity index (χ3v) is 4.44. The molecule has 0 bridgehead atoms. The molecule has 0 unspecified atom stereocenters. The van der Waals surface area contributed by atoms with Crippen LogP contribution in [0.2, 0.25) is 0 Å². The number of nitrogens with zero attached hydrogens (tertiary/aromatic N) is 2. The average Bonchev–Trinajstić information content (AvgIpc) is 2.99. The molecule has 21 heavy (non-hydrogen) atoms. The predicted octanol–water partition coefficient (Wildman–Crippen LogP) is 1.89. The van der Waals surface area contributed by atoms with Crippen LogP contribution in [0.1, 0.15) is 36.9 Å². The molecule has 0 spiro atoms. The number of fused-ring (bicyclic) bond motifs is 1. The van der Waals surface area contributed by atoms with Gasteiger partial charge in [-0.15, -0.1) is 0 Å². The van der Waals surface area contributed by atoms with Crippen LogP contribution in [0.4, 0.5) is 5.13 Å². The Morgan fingerprint density at radius 3 is 2.67 bits per heavy atom. The molecule has 0 saturated heterocycles. The average molecular weight is 303 g/mol. The molecule has 1 aromatic heterocycles. The number of carbonyl (C=O) groups excluding carboxylic acids is 1. The molecule has 6 nitrogen and oxygen atoms in total. The van der Waals surface area contributed by atoms with Crippen molar-refractivity contribution in [1.82, 2.24) is 9.88 Å². The molecular formula is C14H13N3O3S. The number of aryl methyl sites for hydroxylation is 1. The van der Waals surface area contributed by atoms with E-state index in [2.05, 4.69) is 4.98 Å². The number of anilines is 1. The number of rotatable bonds is 2. The van der Waals surface area contributed by atoms with E-state index in [1.54, 1.807) is 30.0 Å². The van der Waals surface area contributed by atoms with Gasteiger partial charge in [0.05, 0.1) is 11.3 Å². The number of nitrogen functional groups attached to an aromatic ring is 1. The summed E-state index contributed by atoms with van der Waals surface area (Å²) in [6.45, 7) is 2.64. The van der Waals surface area contributed by atoms with Crippen LogP contribution < -0.4 is 5.73 Å². The summed E-state index contributed by atoms with van der Waals surface area (Å²) >= 11 is 1.18. The van der Waals surface area contributed by atoms with Crippen molar-refractivity contribution in [3.05, 3.63) is 45.5 Å². The number of carboxylic acid groups (broad SMARTS) is 1. The Bertz CT molecular complexity index is 754. The molecule has 0 radical (unpaired) electrons. The second kappa shape index (κ2) is 4.85. The summed E-state index contributed by atoms with van der Waals surface area (Å²) < 4.78 is 0. The third-order valence-electron chi connectivity index (χ3n) is 3.47. The number of aromatic carboxylic acids is 1. The molecule has 1 amide bonds. The van der Waals surface area contributed by atoms with Crippen molar-refractivity contribution in [2.75, 3.05) is 5.73 Å². The van der Waals surface area contributed by atoms with Crippen molar-refractivity contribution in [3.63, 3.8) is 0 Å². The first-order valence-electron chi connectivity index (χ1n) is 6.33. The lowest BCUT2D eigenvalue weighted by Gasteiger charge is -2.14. The van der Waals surface area contributed by atoms with Crippen molar-refractivity contribution >= 4 is 28.3 Å². The van der Waals surface area contributed by atoms with Crippen molar-refractivity contribution in [3.8, 4) is 0 Å². The molecule has 2 aromatic rings. The lowest BCUT2D eigenvalue weighted by molar-refractivity contribution is 0.0696. The van der Waals surface area contributed by atoms with E-state index in [4.69, 9.17) is 10.8 Å². The molecule has 1 aromatic carbocycles. The zero-order valence-corrected chi connectivity index (χ0v) is 12.1. The monoisotopic (exact) mass is 303 g/mol. The van der Waals surface area contributed by atoms with Gasteiger partial charge in [0.15, 0.2) is 5.13 Å². The van der Waals surface area contributed by atoms with E-state index in [0.29, 0.717) is 28.8 Å². The van der Waals surface area contributed by atoms with E-state index >= 15 is 0 Å². The Hall–Kier alpha value is -2.41. The van der Waals surface area contributed by atoms with Crippen LogP contribution in [-0.4, -0.2) is 26.9 Å². The van der Waals surface area contributed by atoms with Gasteiger partial charge in [-0.25, -0.2) is 9.78 Å². The fourth-order valence-electron chi connectivity index (χ4n) is 2.43. The van der Waals surface area contributed by atoms with Gasteiger partial charge in [-0.3, -0.25) is 4.79 Å². The molecule has 0 saturated carbocycles. The number of nitrogens with two attached hydrogens (primary N) is 1. The normalized spacial score (nSPS) is 13.3. The van der Waals surface area contributed by atoms with Crippen LogP contribution in [0, 0.1) is 6.92 Å². The number of aromatic nitrogens is 1. The van der Waals surface area contributed by atoms with Crippen molar-refractivity contribution in [2.45, 2.75) is 20.0 Å². The molecule has 3 N–H and O–H groups in total. The number of amides is 1. The van der Waals surface area contributed by atoms with Gasteiger partial charge in [-0.05, 0) is 30.2 Å². The predicted molar refractivity (Wildman–Crippen MR) is 78.2 cm³/mol. The molecule has 3 rings (SSSR count). The molecule has 7 heteroatoms. The standard InChI is InChI=1S/C14H13N3O3S/c1-7-11(21-14(15)16-7)12(18)17-5-9-3-2-8(13(19)20)4-10(9)6-17/h2-4H,5-6H2,1H3,(H2,15,16)(H,19,20). The van der Waals surface area contributed by atoms with Crippen molar-refractivity contribution in [1.29, 1.82) is 0 Å². The Balaban J connectivity index is 1.86. The van der Waals surface area contributed by atoms with Gasteiger partial charge in [0.2, 0.25) is 0 Å². The molecule has 1 aliphatic rings. The summed E-state index contributed by atoms with van der Waals surface area (Å²) in [7, 11) is 0. The van der Waals surface area contributed by atoms with Gasteiger partial charge in [-0.2, -0.15) is 0 Å². The number of hydrogen-bond acceptors (Lipinski definition) is 5. The topological polar surface area (TPSA) is 96.5 Å². The lowest BCUT2D eigenvalue weighted by atomic mass is 10.1. The summed E-state index contributed by atoms with van der Waals surface area (Å²) in [5, 5.41) is 9.38. The zero-order chi connectivity index (χ0) is 15.1. The Labute approximate surface area is 124 Å². The summed E-state index contributed by atoms with van der Waals surface area (Å²) in [5.74, 6) is -1.08. The minimum Gasteiger partial charge on any atom is -0.478 e. The minimum absolute atomic E-state index is 0.116. The summed E-state index contributed by atoms with van der Waals surface area (Å²) in [6, 6.07) is 4.95. The number of carboxylic acids is 1. The van der Waals surface area contributed by atoms with E-state index in [1.807, 2.05) is 0 Å². The maximum Gasteiger partial charge on any atom is 0.335 e. The summed E-state index contributed by atoms with van der Waals surface area (Å²) in [4.78, 5) is 29.8. The fraction of sp³-hybridized carbons (Fsp3) is 0.214. The second-order valence-electron chi connectivity index (χ2n) is 4.92. The molecule has 2 heterocycles. The summed E-state index contributed by atoms with van der Waals surface area (Å²) in [5.41, 5.74) is 8.34. The van der Waals surface area contributed by atoms with Gasteiger partial charge < -0.3 is 15.7 Å². The first-order valence-corrected chi connectivity index (χ1v) is 7.14. The van der Waals surface area contributed by atoms with Crippen LogP contribution in [0.25, 0.3) is 0 Å². The highest BCUT2D eigenvalue weighted by atomic mass is 32.1. The number of hydrogen-bond donors (Lipinski definition) is 2. The molecule has 0 atom stereocenters. The Morgan fingerprint density at radius 1 is 1.33 bits per heavy atom. The van der Waals surface area contributed by atoms with E-state index in [0.717, 1.165) is 11.1 Å². The highest BCUT2D eigenvalue weighted by Crippen LogP contribution is 2.28. The van der Waals surface area contributed by atoms with Crippen LogP contribution in [-0.2, 0) is 13.1 Å². The van der Waals surface area contributed by atoms with E-state index in [9.17, 15) is 9.59 Å². The fourth-order valence-corrected chi connectivity index (χ4v) is 3.23. The maximum absolute atomic E-state index is 12.5. The third kappa shape index (κ3) is 2.36. The van der Waals surface area contributed by atoms with Crippen LogP contribution in [0.5, 0.6) is 0 Å². The smallest absolute Gasteiger partial charge is 0.335 e. The SMILES string of the molecule is Cc1nc(N)sc1C(=O)N1Cc2ccc(C(=O)O)cc2C1. The van der Waals surface area contributed by atoms with Gasteiger partial charge in [0, 0.05) is 13.1 Å². The van der Waals surface area contributed by atoms with Crippen LogP contribution >= 0.6 is 11.3 Å². The molecular weight excluding hydrogens is 290 g/mol. The first-order chi connectivity index (χ1) is 9.95. The summed E-state index contributed by atoms with van der Waals surface area (Å²) in [6.07, 6.45) is 0. The van der Waals surface area contributed by atoms with Crippen LogP contribution in [0.3, 0.4) is 0 Å². The first kappa shape index (κ1) is 13.6. The molecule has 1 aliphatic heterocycles. The van der Waals surface area contributed by atoms with Gasteiger partial charge in [-0.1, -0.05) is 17.4 Å². The van der Waals surface area contributed by atoms with Gasteiger partial charge in [0.25, 0.3) is 5.91 Å². The molecule has 108 valence electrons. The van der Waals surface area contributed by atoms with Crippen LogP contribution in [0.15, 0.2) is 18.2 Å². The number of thiazole rings is 1. The quantitative estimate of drug-likeness (QED) is 0.883. The number of benzene rings is 1. The van der Waals surface area contributed by atoms with E-state index < -0.39 is 5.97 Å². The molecule has 0 aliphatic carbocycles. The van der Waals surface area contributed by atoms with Gasteiger partial charge in [0.1, 0.15) is 4.88 Å². The minimum atomic E-state index is -0.964. The zero-order valence-electron chi connectivity index (χ0n) is 11.3. The maximum atomic E-state index is 12.5. The highest BCUT2D eigenvalue weighted by Gasteiger charge is 2.27. The molecule has 0 fully saturated rings. The highest BCUT2D eigenvalue weighted by molar-refractivity contribution is 7.17. The number of carbonyl (C=O) groups is 2. The van der Waals surface area contributed by atoms with Crippen molar-refractivity contribution in [2.24, 2.45) is 0 Å². The van der Waals surface area contributed by atoms with Gasteiger partial charge >= 0.3 is 5.97 Å². The lowest BCUT2D eigenvalue weighted by Crippen LogP contribution is -2.25. The van der Waals surface area contributed by atoms with Crippen molar-refractivity contribution < 1.29 is 14.7 Å². The van der Waals surface area contributed by atoms with E-state index in [-0.39, 0.29) is 11.5 Å². The van der Waals surface area contributed by atoms with E-state index in [1.165, 1.54) is 11.3 Å². The Kier molecular flexibility index (Phi) is 3.13. The largest absolute Gasteiger partial charge is 0.478 e. The Morgan fingerprint density at radius 2 is 2.05 bits per heavy atom. The second-order valence-corrected chi connectivity index (χ2v) is 5.95.